The van der Waals surface area contributed by atoms with Crippen molar-refractivity contribution in [2.45, 2.75) is 13.0 Å². The summed E-state index contributed by atoms with van der Waals surface area (Å²) in [5.41, 5.74) is 0.897. The third-order valence-electron chi connectivity index (χ3n) is 4.04. The van der Waals surface area contributed by atoms with Gasteiger partial charge in [-0.3, -0.25) is 9.59 Å². The van der Waals surface area contributed by atoms with Crippen molar-refractivity contribution in [2.24, 2.45) is 0 Å². The second-order valence-corrected chi connectivity index (χ2v) is 5.93. The molecule has 0 saturated heterocycles. The number of amides is 2. The van der Waals surface area contributed by atoms with Crippen molar-refractivity contribution < 1.29 is 18.4 Å². The summed E-state index contributed by atoms with van der Waals surface area (Å²) in [6, 6.07) is 10.4. The molecule has 140 valence electrons. The molecule has 0 aliphatic carbocycles. The first-order chi connectivity index (χ1) is 13.0. The Labute approximate surface area is 154 Å². The molecule has 3 aromatic rings. The molecule has 0 unspecified atom stereocenters. The average molecular weight is 371 g/mol. The van der Waals surface area contributed by atoms with Gasteiger partial charge in [-0.2, -0.15) is 14.3 Å². The minimum atomic E-state index is -0.825. The number of hydrogen-bond acceptors (Lipinski definition) is 5. The molecule has 2 amide bonds. The summed E-state index contributed by atoms with van der Waals surface area (Å²) in [7, 11) is 1.55. The Balaban J connectivity index is 1.57. The molecule has 0 aliphatic rings. The highest BCUT2D eigenvalue weighted by Gasteiger charge is 2.21. The number of benzene rings is 1. The van der Waals surface area contributed by atoms with Crippen molar-refractivity contribution in [1.82, 2.24) is 25.2 Å². The molecule has 0 saturated carbocycles. The third kappa shape index (κ3) is 4.20. The van der Waals surface area contributed by atoms with Gasteiger partial charge in [0.25, 0.3) is 17.8 Å². The van der Waals surface area contributed by atoms with Crippen LogP contribution in [-0.4, -0.2) is 51.3 Å². The van der Waals surface area contributed by atoms with Crippen LogP contribution >= 0.6 is 0 Å². The maximum Gasteiger partial charge on any atom is 0.289 e. The molecule has 0 radical (unpaired) electrons. The number of hydrogen-bond donors (Lipinski definition) is 1. The summed E-state index contributed by atoms with van der Waals surface area (Å²) in [5.74, 6) is -0.983. The van der Waals surface area contributed by atoms with Gasteiger partial charge in [-0.05, 0) is 25.1 Å². The van der Waals surface area contributed by atoms with Crippen LogP contribution in [0.2, 0.25) is 0 Å². The van der Waals surface area contributed by atoms with E-state index >= 15 is 0 Å². The Bertz CT molecular complexity index is 937. The lowest BCUT2D eigenvalue weighted by Gasteiger charge is -2.24. The predicted octanol–water partition coefficient (Wildman–Crippen LogP) is 1.89. The first-order valence-electron chi connectivity index (χ1n) is 8.24. The first-order valence-corrected chi connectivity index (χ1v) is 8.24. The van der Waals surface area contributed by atoms with Gasteiger partial charge < -0.3 is 14.6 Å². The predicted molar refractivity (Wildman–Crippen MR) is 93.9 cm³/mol. The summed E-state index contributed by atoms with van der Waals surface area (Å²) in [4.78, 5) is 27.2. The molecule has 9 heteroatoms. The second kappa shape index (κ2) is 7.81. The molecule has 2 heterocycles. The summed E-state index contributed by atoms with van der Waals surface area (Å²) in [6.45, 7) is 1.93. The van der Waals surface area contributed by atoms with Gasteiger partial charge in [0.15, 0.2) is 11.5 Å². The van der Waals surface area contributed by atoms with Gasteiger partial charge in [-0.1, -0.05) is 18.2 Å². The Morgan fingerprint density at radius 1 is 1.26 bits per heavy atom. The highest BCUT2D eigenvalue weighted by molar-refractivity contribution is 5.92. The number of aromatic nitrogens is 3. The van der Waals surface area contributed by atoms with E-state index in [0.29, 0.717) is 0 Å². The fourth-order valence-corrected chi connectivity index (χ4v) is 2.32. The number of likely N-dealkylation sites (N-methyl/N-ethyl adjacent to an activating group) is 1. The molecule has 27 heavy (non-hydrogen) atoms. The van der Waals surface area contributed by atoms with Crippen LogP contribution in [0.15, 0.2) is 53.1 Å². The van der Waals surface area contributed by atoms with Gasteiger partial charge in [-0.25, -0.2) is 0 Å². The Morgan fingerprint density at radius 3 is 2.67 bits per heavy atom. The highest BCUT2D eigenvalue weighted by Crippen LogP contribution is 2.10. The lowest BCUT2D eigenvalue weighted by Crippen LogP contribution is -2.43. The molecular formula is C18H18FN5O3. The molecular weight excluding hydrogens is 353 g/mol. The molecule has 1 atom stereocenters. The highest BCUT2D eigenvalue weighted by atomic mass is 19.1. The monoisotopic (exact) mass is 371 g/mol. The first kappa shape index (κ1) is 18.3. The zero-order valence-corrected chi connectivity index (χ0v) is 14.8. The Kier molecular flexibility index (Phi) is 5.30. The fourth-order valence-electron chi connectivity index (χ4n) is 2.32. The van der Waals surface area contributed by atoms with E-state index in [1.165, 1.54) is 22.0 Å². The number of halogens is 1. The van der Waals surface area contributed by atoms with E-state index in [1.807, 2.05) is 30.3 Å². The van der Waals surface area contributed by atoms with E-state index in [9.17, 15) is 14.0 Å². The minimum Gasteiger partial charge on any atom is -0.426 e. The van der Waals surface area contributed by atoms with Crippen LogP contribution in [0.25, 0.3) is 5.69 Å². The van der Waals surface area contributed by atoms with Gasteiger partial charge in [0.1, 0.15) is 0 Å². The van der Waals surface area contributed by atoms with E-state index in [1.54, 1.807) is 14.0 Å². The topological polar surface area (TPSA) is 93.3 Å². The molecule has 1 aromatic carbocycles. The molecule has 8 nitrogen and oxygen atoms in total. The van der Waals surface area contributed by atoms with E-state index in [-0.39, 0.29) is 24.0 Å². The maximum atomic E-state index is 12.9. The van der Waals surface area contributed by atoms with Crippen LogP contribution in [0.3, 0.4) is 0 Å². The number of furan rings is 1. The zero-order chi connectivity index (χ0) is 19.4. The number of nitrogens with zero attached hydrogens (tertiary/aromatic N) is 4. The summed E-state index contributed by atoms with van der Waals surface area (Å²) < 4.78 is 17.6. The van der Waals surface area contributed by atoms with E-state index in [2.05, 4.69) is 15.5 Å². The third-order valence-corrected chi connectivity index (χ3v) is 4.04. The van der Waals surface area contributed by atoms with E-state index in [0.717, 1.165) is 11.8 Å². The lowest BCUT2D eigenvalue weighted by molar-refractivity contribution is 0.0692. The fraction of sp³-hybridized carbons (Fsp3) is 0.222. The number of nitrogens with one attached hydrogen (secondary N) is 1. The normalized spacial score (nSPS) is 11.8. The molecule has 0 spiro atoms. The standard InChI is InChI=1S/C18H18FN5O3/c1-12(23(2)18(26)15-8-9-16(19)27-15)10-20-17(25)14-11-21-24(22-14)13-6-4-3-5-7-13/h3-9,11-12H,10H2,1-2H3,(H,20,25)/t12-/m0/s1. The quantitative estimate of drug-likeness (QED) is 0.714. The number of rotatable bonds is 6. The van der Waals surface area contributed by atoms with Crippen LogP contribution in [0, 0.1) is 6.01 Å². The van der Waals surface area contributed by atoms with Gasteiger partial charge in [0, 0.05) is 25.7 Å². The second-order valence-electron chi connectivity index (χ2n) is 5.93. The lowest BCUT2D eigenvalue weighted by atomic mass is 10.2. The van der Waals surface area contributed by atoms with Crippen LogP contribution in [-0.2, 0) is 0 Å². The van der Waals surface area contributed by atoms with Crippen LogP contribution in [0.1, 0.15) is 28.0 Å². The van der Waals surface area contributed by atoms with Gasteiger partial charge in [0.2, 0.25) is 0 Å². The molecule has 1 N–H and O–H groups in total. The largest absolute Gasteiger partial charge is 0.426 e. The van der Waals surface area contributed by atoms with Crippen molar-refractivity contribution in [3.05, 3.63) is 66.1 Å². The van der Waals surface area contributed by atoms with Crippen LogP contribution in [0.5, 0.6) is 0 Å². The molecule has 3 rings (SSSR count). The summed E-state index contributed by atoms with van der Waals surface area (Å²) >= 11 is 0. The van der Waals surface area contributed by atoms with Gasteiger partial charge in [-0.15, -0.1) is 5.10 Å². The summed E-state index contributed by atoms with van der Waals surface area (Å²) in [5, 5.41) is 10.9. The Morgan fingerprint density at radius 2 is 2.00 bits per heavy atom. The Hall–Kier alpha value is -3.49. The number of para-hydroxylation sites is 1. The van der Waals surface area contributed by atoms with Crippen LogP contribution in [0.4, 0.5) is 4.39 Å². The molecule has 0 aliphatic heterocycles. The zero-order valence-electron chi connectivity index (χ0n) is 14.8. The number of carbonyl (C=O) groups excluding carboxylic acids is 2. The van der Waals surface area contributed by atoms with Crippen molar-refractivity contribution >= 4 is 11.8 Å². The van der Waals surface area contributed by atoms with Crippen molar-refractivity contribution in [3.63, 3.8) is 0 Å². The molecule has 0 bridgehead atoms. The van der Waals surface area contributed by atoms with Crippen molar-refractivity contribution in [1.29, 1.82) is 0 Å². The molecule has 0 fully saturated rings. The van der Waals surface area contributed by atoms with E-state index < -0.39 is 17.8 Å². The van der Waals surface area contributed by atoms with Crippen molar-refractivity contribution in [2.75, 3.05) is 13.6 Å². The summed E-state index contributed by atoms with van der Waals surface area (Å²) in [6.07, 6.45) is 1.37. The van der Waals surface area contributed by atoms with Crippen LogP contribution < -0.4 is 5.32 Å². The number of carbonyl (C=O) groups is 2. The van der Waals surface area contributed by atoms with Gasteiger partial charge in [0.05, 0.1) is 11.9 Å². The maximum absolute atomic E-state index is 12.9. The smallest absolute Gasteiger partial charge is 0.289 e. The molecule has 2 aromatic heterocycles. The average Bonchev–Trinajstić information content (AvgIpc) is 3.34. The van der Waals surface area contributed by atoms with E-state index in [4.69, 9.17) is 4.42 Å². The van der Waals surface area contributed by atoms with Gasteiger partial charge >= 0.3 is 0 Å². The van der Waals surface area contributed by atoms with Crippen molar-refractivity contribution in [3.8, 4) is 5.69 Å². The minimum absolute atomic E-state index is 0.0982. The SMILES string of the molecule is C[C@@H](CNC(=O)c1cnn(-c2ccccc2)n1)N(C)C(=O)c1ccc(F)o1.